The molecule has 1 amide bonds. The highest BCUT2D eigenvalue weighted by Gasteiger charge is 2.40. The van der Waals surface area contributed by atoms with Gasteiger partial charge in [0.15, 0.2) is 0 Å². The molecule has 0 unspecified atom stereocenters. The number of nitrogens with zero attached hydrogens (tertiary/aromatic N) is 2. The lowest BCUT2D eigenvalue weighted by molar-refractivity contribution is -0.131. The van der Waals surface area contributed by atoms with Crippen molar-refractivity contribution in [3.05, 3.63) is 65.7 Å². The maximum absolute atomic E-state index is 14.3. The minimum absolute atomic E-state index is 0.0694. The van der Waals surface area contributed by atoms with E-state index in [4.69, 9.17) is 0 Å². The molecule has 2 rings (SSSR count). The number of carbonyl (C=O) groups excluding carboxylic acids is 2. The number of ketones is 1. The van der Waals surface area contributed by atoms with Gasteiger partial charge in [-0.2, -0.15) is 10.5 Å². The normalized spacial score (nSPS) is 12.5. The Kier molecular flexibility index (Phi) is 6.35. The van der Waals surface area contributed by atoms with Crippen LogP contribution in [0.3, 0.4) is 0 Å². The molecule has 7 heteroatoms. The zero-order valence-electron chi connectivity index (χ0n) is 14.3. The van der Waals surface area contributed by atoms with E-state index in [0.717, 1.165) is 25.1 Å². The third-order valence-corrected chi connectivity index (χ3v) is 4.09. The van der Waals surface area contributed by atoms with Crippen molar-refractivity contribution in [2.45, 2.75) is 12.8 Å². The molecule has 2 atom stereocenters. The van der Waals surface area contributed by atoms with Gasteiger partial charge in [-0.15, -0.1) is 0 Å². The fourth-order valence-electron chi connectivity index (χ4n) is 2.84. The lowest BCUT2D eigenvalue weighted by Gasteiger charge is -2.26. The Balaban J connectivity index is 2.48. The van der Waals surface area contributed by atoms with Crippen molar-refractivity contribution < 1.29 is 18.4 Å². The van der Waals surface area contributed by atoms with Crippen LogP contribution in [0.5, 0.6) is 0 Å². The highest BCUT2D eigenvalue weighted by Crippen LogP contribution is 2.35. The van der Waals surface area contributed by atoms with E-state index in [-0.39, 0.29) is 11.3 Å². The van der Waals surface area contributed by atoms with Gasteiger partial charge in [-0.05, 0) is 42.8 Å². The maximum atomic E-state index is 14.3. The van der Waals surface area contributed by atoms with Crippen LogP contribution in [0.2, 0.25) is 0 Å². The molecule has 2 aromatic rings. The summed E-state index contributed by atoms with van der Waals surface area (Å²) in [5.74, 6) is -6.85. The second kappa shape index (κ2) is 8.68. The summed E-state index contributed by atoms with van der Waals surface area (Å²) in [4.78, 5) is 25.0. The zero-order chi connectivity index (χ0) is 20.0. The van der Waals surface area contributed by atoms with Crippen LogP contribution in [0.1, 0.15) is 18.4 Å². The van der Waals surface area contributed by atoms with Crippen molar-refractivity contribution in [3.8, 4) is 12.1 Å². The van der Waals surface area contributed by atoms with Crippen LogP contribution in [0, 0.1) is 46.1 Å². The molecule has 136 valence electrons. The number of carbonyl (C=O) groups is 2. The molecule has 0 aliphatic rings. The summed E-state index contributed by atoms with van der Waals surface area (Å²) < 4.78 is 27.3. The third-order valence-electron chi connectivity index (χ3n) is 4.09. The van der Waals surface area contributed by atoms with Crippen LogP contribution >= 0.6 is 0 Å². The number of Topliss-reactive ketones (excluding diaryl/α,β-unsaturated/α-hetero) is 1. The lowest BCUT2D eigenvalue weighted by atomic mass is 9.75. The number of nitrogens with one attached hydrogen (secondary N) is 1. The molecule has 0 aliphatic carbocycles. The molecule has 0 spiro atoms. The number of benzene rings is 2. The summed E-state index contributed by atoms with van der Waals surface area (Å²) >= 11 is 0. The maximum Gasteiger partial charge on any atom is 0.235 e. The van der Waals surface area contributed by atoms with Crippen molar-refractivity contribution in [1.82, 2.24) is 0 Å². The molecule has 1 N–H and O–H groups in total. The fourth-order valence-corrected chi connectivity index (χ4v) is 2.84. The second-order valence-electron chi connectivity index (χ2n) is 5.87. The summed E-state index contributed by atoms with van der Waals surface area (Å²) in [7, 11) is 0. The first-order valence-electron chi connectivity index (χ1n) is 7.99. The van der Waals surface area contributed by atoms with Crippen LogP contribution in [0.15, 0.2) is 48.5 Å². The third kappa shape index (κ3) is 4.53. The van der Waals surface area contributed by atoms with Crippen molar-refractivity contribution in [2.75, 3.05) is 5.32 Å². The predicted molar refractivity (Wildman–Crippen MR) is 93.1 cm³/mol. The van der Waals surface area contributed by atoms with Crippen molar-refractivity contribution in [1.29, 1.82) is 10.5 Å². The summed E-state index contributed by atoms with van der Waals surface area (Å²) in [6, 6.07) is 13.7. The van der Waals surface area contributed by atoms with E-state index in [9.17, 15) is 28.9 Å². The van der Waals surface area contributed by atoms with Gasteiger partial charge in [-0.25, -0.2) is 8.78 Å². The Morgan fingerprint density at radius 1 is 1.00 bits per heavy atom. The van der Waals surface area contributed by atoms with Crippen LogP contribution in [-0.4, -0.2) is 11.7 Å². The number of rotatable bonds is 6. The Labute approximate surface area is 154 Å². The van der Waals surface area contributed by atoms with Gasteiger partial charge in [-0.3, -0.25) is 9.59 Å². The molecule has 0 saturated heterocycles. The number of hydrogen-bond acceptors (Lipinski definition) is 4. The first-order valence-corrected chi connectivity index (χ1v) is 7.99. The van der Waals surface area contributed by atoms with Gasteiger partial charge in [0, 0.05) is 11.6 Å². The second-order valence-corrected chi connectivity index (χ2v) is 5.87. The zero-order valence-corrected chi connectivity index (χ0v) is 14.3. The molecule has 0 radical (unpaired) electrons. The fraction of sp³-hybridized carbons (Fsp3) is 0.200. The summed E-state index contributed by atoms with van der Waals surface area (Å²) in [6.07, 6.45) is 0. The minimum Gasteiger partial charge on any atom is -0.325 e. The Hall–Kier alpha value is -3.58. The molecule has 5 nitrogen and oxygen atoms in total. The van der Waals surface area contributed by atoms with Crippen LogP contribution in [0.4, 0.5) is 14.5 Å². The molecular formula is C20H15F2N3O2. The van der Waals surface area contributed by atoms with Gasteiger partial charge in [0.2, 0.25) is 5.91 Å². The molecule has 0 saturated carbocycles. The predicted octanol–water partition coefficient (Wildman–Crippen LogP) is 3.56. The molecule has 0 fully saturated rings. The van der Waals surface area contributed by atoms with E-state index in [1.165, 1.54) is 30.3 Å². The van der Waals surface area contributed by atoms with E-state index >= 15 is 0 Å². The topological polar surface area (TPSA) is 93.8 Å². The molecule has 2 aromatic carbocycles. The lowest BCUT2D eigenvalue weighted by Crippen LogP contribution is -2.36. The van der Waals surface area contributed by atoms with Gasteiger partial charge in [-0.1, -0.05) is 18.2 Å². The number of amides is 1. The smallest absolute Gasteiger partial charge is 0.235 e. The molecule has 0 aromatic heterocycles. The SMILES string of the molecule is CC(=O)[C@H](C(=O)Nc1ccc(F)cc1)[C@H](c1ccccc1F)C(C#N)C#N. The van der Waals surface area contributed by atoms with Crippen molar-refractivity contribution >= 4 is 17.4 Å². The highest BCUT2D eigenvalue weighted by molar-refractivity contribution is 6.07. The molecule has 0 heterocycles. The molecule has 27 heavy (non-hydrogen) atoms. The Morgan fingerprint density at radius 3 is 2.11 bits per heavy atom. The van der Waals surface area contributed by atoms with E-state index in [2.05, 4.69) is 5.32 Å². The van der Waals surface area contributed by atoms with Gasteiger partial charge in [0.05, 0.1) is 12.1 Å². The number of anilines is 1. The minimum atomic E-state index is -1.48. The average Bonchev–Trinajstić information content (AvgIpc) is 2.64. The molecule has 0 bridgehead atoms. The number of hydrogen-bond donors (Lipinski definition) is 1. The monoisotopic (exact) mass is 367 g/mol. The van der Waals surface area contributed by atoms with Crippen LogP contribution in [-0.2, 0) is 9.59 Å². The van der Waals surface area contributed by atoms with Gasteiger partial charge in [0.25, 0.3) is 0 Å². The van der Waals surface area contributed by atoms with Gasteiger partial charge < -0.3 is 5.32 Å². The van der Waals surface area contributed by atoms with Crippen LogP contribution < -0.4 is 5.32 Å². The summed E-state index contributed by atoms with van der Waals surface area (Å²) in [5.41, 5.74) is 0.158. The van der Waals surface area contributed by atoms with Crippen molar-refractivity contribution in [3.63, 3.8) is 0 Å². The first kappa shape index (κ1) is 19.7. The standard InChI is InChI=1S/C20H15F2N3O2/c1-12(26)18(20(27)25-15-8-6-14(21)7-9-15)19(13(10-23)11-24)16-4-2-3-5-17(16)22/h2-9,13,18-19H,1H3,(H,25,27)/t18-,19-/m0/s1. The number of nitriles is 2. The Morgan fingerprint density at radius 2 is 1.59 bits per heavy atom. The largest absolute Gasteiger partial charge is 0.325 e. The average molecular weight is 367 g/mol. The Bertz CT molecular complexity index is 915. The quantitative estimate of drug-likeness (QED) is 0.790. The van der Waals surface area contributed by atoms with E-state index in [1.807, 2.05) is 0 Å². The summed E-state index contributed by atoms with van der Waals surface area (Å²) in [6.45, 7) is 1.13. The van der Waals surface area contributed by atoms with Crippen LogP contribution in [0.25, 0.3) is 0 Å². The summed E-state index contributed by atoms with van der Waals surface area (Å²) in [5, 5.41) is 21.1. The van der Waals surface area contributed by atoms with Gasteiger partial charge in [0.1, 0.15) is 29.3 Å². The highest BCUT2D eigenvalue weighted by atomic mass is 19.1. The molecule has 0 aliphatic heterocycles. The van der Waals surface area contributed by atoms with Gasteiger partial charge >= 0.3 is 0 Å². The molecular weight excluding hydrogens is 352 g/mol. The van der Waals surface area contributed by atoms with E-state index in [0.29, 0.717) is 0 Å². The number of halogens is 2. The van der Waals surface area contributed by atoms with E-state index in [1.54, 1.807) is 12.1 Å². The van der Waals surface area contributed by atoms with E-state index < -0.39 is 41.1 Å². The first-order chi connectivity index (χ1) is 12.9. The van der Waals surface area contributed by atoms with Crippen molar-refractivity contribution in [2.24, 2.45) is 11.8 Å².